The van der Waals surface area contributed by atoms with Gasteiger partial charge in [0.25, 0.3) is 0 Å². The molecule has 2 atom stereocenters. The highest BCUT2D eigenvalue weighted by molar-refractivity contribution is 5.57. The van der Waals surface area contributed by atoms with Crippen LogP contribution in [-0.4, -0.2) is 80.1 Å². The number of ether oxygens (including phenoxy) is 2. The summed E-state index contributed by atoms with van der Waals surface area (Å²) in [5.41, 5.74) is 1.08. The van der Waals surface area contributed by atoms with Crippen molar-refractivity contribution >= 4 is 6.08 Å². The Bertz CT molecular complexity index is 529. The Morgan fingerprint density at radius 2 is 2.04 bits per heavy atom. The third kappa shape index (κ3) is 4.12. The summed E-state index contributed by atoms with van der Waals surface area (Å²) < 4.78 is 10.8. The fraction of sp³-hybridized carbons (Fsp3) is 0.556. The highest BCUT2D eigenvalue weighted by Gasteiger charge is 2.35. The van der Waals surface area contributed by atoms with E-state index >= 15 is 0 Å². The van der Waals surface area contributed by atoms with Gasteiger partial charge in [-0.2, -0.15) is 0 Å². The zero-order valence-corrected chi connectivity index (χ0v) is 13.7. The molecule has 0 unspecified atom stereocenters. The van der Waals surface area contributed by atoms with Gasteiger partial charge >= 0.3 is 0 Å². The van der Waals surface area contributed by atoms with Crippen LogP contribution in [0.4, 0.5) is 0 Å². The molecule has 1 N–H and O–H groups in total. The summed E-state index contributed by atoms with van der Waals surface area (Å²) in [6.07, 6.45) is 3.97. The molecule has 0 spiro atoms. The van der Waals surface area contributed by atoms with E-state index in [1.54, 1.807) is 7.11 Å². The van der Waals surface area contributed by atoms with Gasteiger partial charge in [0.05, 0.1) is 26.4 Å². The minimum atomic E-state index is -0.271. The van der Waals surface area contributed by atoms with Crippen LogP contribution in [0.5, 0.6) is 5.75 Å². The Morgan fingerprint density at radius 3 is 2.83 bits per heavy atom. The van der Waals surface area contributed by atoms with E-state index in [9.17, 15) is 5.11 Å². The molecule has 0 radical (unpaired) electrons. The van der Waals surface area contributed by atoms with Gasteiger partial charge in [0.15, 0.2) is 0 Å². The van der Waals surface area contributed by atoms with E-state index in [-0.39, 0.29) is 12.1 Å². The van der Waals surface area contributed by atoms with Crippen molar-refractivity contribution in [2.45, 2.75) is 12.1 Å². The number of nitrogens with zero attached hydrogens (tertiary/aromatic N) is 2. The number of β-amino-alcohol motifs (C(OH)–C–C–N with tert-alkyl or cyclic N) is 1. The smallest absolute Gasteiger partial charge is 0.126 e. The van der Waals surface area contributed by atoms with Crippen molar-refractivity contribution in [3.63, 3.8) is 0 Å². The third-order valence-corrected chi connectivity index (χ3v) is 4.65. The van der Waals surface area contributed by atoms with Crippen LogP contribution < -0.4 is 4.74 Å². The summed E-state index contributed by atoms with van der Waals surface area (Å²) in [6, 6.07) is 8.23. The molecule has 2 fully saturated rings. The van der Waals surface area contributed by atoms with Crippen molar-refractivity contribution in [2.24, 2.45) is 0 Å². The Balaban J connectivity index is 1.54. The summed E-state index contributed by atoms with van der Waals surface area (Å²) in [6.45, 7) is 5.89. The summed E-state index contributed by atoms with van der Waals surface area (Å²) in [7, 11) is 1.69. The zero-order chi connectivity index (χ0) is 16.1. The molecule has 0 saturated carbocycles. The summed E-state index contributed by atoms with van der Waals surface area (Å²) >= 11 is 0. The number of aliphatic hydroxyl groups is 1. The van der Waals surface area contributed by atoms with Gasteiger partial charge in [-0.15, -0.1) is 0 Å². The second kappa shape index (κ2) is 7.93. The van der Waals surface area contributed by atoms with Crippen LogP contribution in [0.2, 0.25) is 0 Å². The Hall–Kier alpha value is -1.40. The fourth-order valence-corrected chi connectivity index (χ4v) is 3.40. The van der Waals surface area contributed by atoms with E-state index in [1.807, 2.05) is 24.3 Å². The third-order valence-electron chi connectivity index (χ3n) is 4.65. The number of aliphatic hydroxyl groups excluding tert-OH is 1. The summed E-state index contributed by atoms with van der Waals surface area (Å²) in [5, 5.41) is 10.3. The Kier molecular flexibility index (Phi) is 5.67. The predicted molar refractivity (Wildman–Crippen MR) is 90.7 cm³/mol. The molecule has 2 saturated heterocycles. The number of methoxy groups -OCH3 is 1. The normalized spacial score (nSPS) is 26.9. The average molecular weight is 318 g/mol. The van der Waals surface area contributed by atoms with Gasteiger partial charge in [-0.25, -0.2) is 0 Å². The lowest BCUT2D eigenvalue weighted by atomic mass is 10.1. The number of rotatable bonds is 5. The molecule has 2 aliphatic rings. The van der Waals surface area contributed by atoms with E-state index in [4.69, 9.17) is 9.47 Å². The van der Waals surface area contributed by atoms with E-state index in [1.165, 1.54) is 0 Å². The Labute approximate surface area is 138 Å². The maximum atomic E-state index is 10.3. The molecule has 5 heteroatoms. The van der Waals surface area contributed by atoms with E-state index in [0.29, 0.717) is 0 Å². The van der Waals surface area contributed by atoms with Crippen molar-refractivity contribution in [2.75, 3.05) is 53.0 Å². The molecular weight excluding hydrogens is 292 g/mol. The number of benzene rings is 1. The maximum Gasteiger partial charge on any atom is 0.126 e. The topological polar surface area (TPSA) is 45.2 Å². The number of hydrogen-bond acceptors (Lipinski definition) is 5. The molecule has 0 aliphatic carbocycles. The van der Waals surface area contributed by atoms with Crippen molar-refractivity contribution < 1.29 is 14.6 Å². The molecule has 0 bridgehead atoms. The predicted octanol–water partition coefficient (Wildman–Crippen LogP) is 1.09. The van der Waals surface area contributed by atoms with Crippen LogP contribution in [0.25, 0.3) is 6.08 Å². The number of morpholine rings is 1. The molecule has 1 aromatic rings. The molecule has 0 amide bonds. The van der Waals surface area contributed by atoms with E-state index in [0.717, 1.165) is 57.3 Å². The van der Waals surface area contributed by atoms with Crippen LogP contribution in [0.3, 0.4) is 0 Å². The van der Waals surface area contributed by atoms with E-state index < -0.39 is 0 Å². The number of para-hydroxylation sites is 1. The highest BCUT2D eigenvalue weighted by atomic mass is 16.5. The minimum Gasteiger partial charge on any atom is -0.496 e. The van der Waals surface area contributed by atoms with Crippen molar-refractivity contribution in [3.8, 4) is 5.75 Å². The van der Waals surface area contributed by atoms with Gasteiger partial charge in [0, 0.05) is 44.3 Å². The molecular formula is C18H26N2O3. The van der Waals surface area contributed by atoms with Gasteiger partial charge in [-0.3, -0.25) is 9.80 Å². The van der Waals surface area contributed by atoms with Crippen LogP contribution >= 0.6 is 0 Å². The van der Waals surface area contributed by atoms with E-state index in [2.05, 4.69) is 22.0 Å². The van der Waals surface area contributed by atoms with Gasteiger partial charge in [0.1, 0.15) is 5.75 Å². The first-order chi connectivity index (χ1) is 11.3. The SMILES string of the molecule is COc1ccccc1C=CCN1C[C@H](O)[C@@H](N2CCOCC2)C1. The average Bonchev–Trinajstić information content (AvgIpc) is 2.97. The van der Waals surface area contributed by atoms with Crippen LogP contribution in [0.15, 0.2) is 30.3 Å². The molecule has 5 nitrogen and oxygen atoms in total. The van der Waals surface area contributed by atoms with Gasteiger partial charge in [-0.05, 0) is 6.07 Å². The number of likely N-dealkylation sites (tertiary alicyclic amines) is 1. The molecule has 3 rings (SSSR count). The number of hydrogen-bond donors (Lipinski definition) is 1. The maximum absolute atomic E-state index is 10.3. The molecule has 2 heterocycles. The van der Waals surface area contributed by atoms with Crippen LogP contribution in [0, 0.1) is 0 Å². The Morgan fingerprint density at radius 1 is 1.26 bits per heavy atom. The largest absolute Gasteiger partial charge is 0.496 e. The van der Waals surface area contributed by atoms with Gasteiger partial charge in [0.2, 0.25) is 0 Å². The quantitative estimate of drug-likeness (QED) is 0.880. The molecule has 0 aromatic heterocycles. The second-order valence-electron chi connectivity index (χ2n) is 6.15. The second-order valence-corrected chi connectivity index (χ2v) is 6.15. The molecule has 126 valence electrons. The standard InChI is InChI=1S/C18H26N2O3/c1-22-18-7-3-2-5-15(18)6-4-8-19-13-16(17(21)14-19)20-9-11-23-12-10-20/h2-7,16-17,21H,8-14H2,1H3/t16-,17-/m0/s1. The first kappa shape index (κ1) is 16.5. The molecule has 2 aliphatic heterocycles. The molecule has 1 aromatic carbocycles. The lowest BCUT2D eigenvalue weighted by Gasteiger charge is -2.33. The first-order valence-corrected chi connectivity index (χ1v) is 8.29. The van der Waals surface area contributed by atoms with Crippen LogP contribution in [-0.2, 0) is 4.74 Å². The minimum absolute atomic E-state index is 0.235. The fourth-order valence-electron chi connectivity index (χ4n) is 3.40. The van der Waals surface area contributed by atoms with Gasteiger partial charge < -0.3 is 14.6 Å². The van der Waals surface area contributed by atoms with Crippen LogP contribution in [0.1, 0.15) is 5.56 Å². The summed E-state index contributed by atoms with van der Waals surface area (Å²) in [5.74, 6) is 0.886. The summed E-state index contributed by atoms with van der Waals surface area (Å²) in [4.78, 5) is 4.66. The highest BCUT2D eigenvalue weighted by Crippen LogP contribution is 2.20. The van der Waals surface area contributed by atoms with Crippen molar-refractivity contribution in [1.29, 1.82) is 0 Å². The van der Waals surface area contributed by atoms with Crippen molar-refractivity contribution in [3.05, 3.63) is 35.9 Å². The monoisotopic (exact) mass is 318 g/mol. The zero-order valence-electron chi connectivity index (χ0n) is 13.7. The lowest BCUT2D eigenvalue weighted by molar-refractivity contribution is -0.00614. The lowest BCUT2D eigenvalue weighted by Crippen LogP contribution is -2.48. The van der Waals surface area contributed by atoms with Gasteiger partial charge in [-0.1, -0.05) is 30.4 Å². The molecule has 23 heavy (non-hydrogen) atoms. The first-order valence-electron chi connectivity index (χ1n) is 8.29. The van der Waals surface area contributed by atoms with Crippen molar-refractivity contribution in [1.82, 2.24) is 9.80 Å².